The molecule has 0 unspecified atom stereocenters. The summed E-state index contributed by atoms with van der Waals surface area (Å²) in [5.74, 6) is -0.489. The molecular weight excluding hydrogens is 360 g/mol. The second-order valence-electron chi connectivity index (χ2n) is 5.33. The zero-order chi connectivity index (χ0) is 17.0. The quantitative estimate of drug-likeness (QED) is 0.580. The van der Waals surface area contributed by atoms with Gasteiger partial charge in [0.15, 0.2) is 0 Å². The van der Waals surface area contributed by atoms with Crippen molar-refractivity contribution in [2.75, 3.05) is 0 Å². The molecule has 2 aromatic rings. The summed E-state index contributed by atoms with van der Waals surface area (Å²) in [5.41, 5.74) is 1.90. The smallest absolute Gasteiger partial charge is 0.343 e. The van der Waals surface area contributed by atoms with Crippen LogP contribution in [0.3, 0.4) is 0 Å². The normalized spacial score (nSPS) is 10.5. The van der Waals surface area contributed by atoms with Crippen LogP contribution in [0, 0.1) is 6.92 Å². The van der Waals surface area contributed by atoms with E-state index < -0.39 is 11.9 Å². The Morgan fingerprint density at radius 3 is 2.13 bits per heavy atom. The second kappa shape index (κ2) is 7.42. The third kappa shape index (κ3) is 4.66. The number of ether oxygens (including phenoxy) is 2. The Bertz CT molecular complexity index is 720. The highest BCUT2D eigenvalue weighted by Gasteiger charge is 2.12. The van der Waals surface area contributed by atoms with Crippen LogP contribution in [0.25, 0.3) is 0 Å². The van der Waals surface area contributed by atoms with Gasteiger partial charge in [-0.15, -0.1) is 0 Å². The van der Waals surface area contributed by atoms with Crippen molar-refractivity contribution in [3.8, 4) is 5.75 Å². The van der Waals surface area contributed by atoms with E-state index in [1.807, 2.05) is 13.0 Å². The minimum Gasteiger partial charge on any atom is -0.459 e. The molecule has 0 aliphatic carbocycles. The zero-order valence-electron chi connectivity index (χ0n) is 13.1. The highest BCUT2D eigenvalue weighted by Crippen LogP contribution is 2.20. The van der Waals surface area contributed by atoms with Crippen molar-refractivity contribution < 1.29 is 19.1 Å². The van der Waals surface area contributed by atoms with E-state index in [2.05, 4.69) is 15.9 Å². The van der Waals surface area contributed by atoms with Crippen LogP contribution in [0.1, 0.15) is 40.1 Å². The third-order valence-corrected chi connectivity index (χ3v) is 3.91. The van der Waals surface area contributed by atoms with E-state index in [0.29, 0.717) is 16.9 Å². The van der Waals surface area contributed by atoms with Crippen LogP contribution in [0.5, 0.6) is 5.75 Å². The van der Waals surface area contributed by atoms with Gasteiger partial charge in [-0.2, -0.15) is 0 Å². The van der Waals surface area contributed by atoms with Gasteiger partial charge in [0, 0.05) is 4.47 Å². The van der Waals surface area contributed by atoms with E-state index in [0.717, 1.165) is 10.0 Å². The number of aryl methyl sites for hydroxylation is 1. The Kier molecular flexibility index (Phi) is 5.55. The lowest BCUT2D eigenvalue weighted by atomic mass is 10.1. The first-order valence-corrected chi connectivity index (χ1v) is 7.95. The maximum Gasteiger partial charge on any atom is 0.343 e. The van der Waals surface area contributed by atoms with Crippen molar-refractivity contribution in [1.29, 1.82) is 0 Å². The summed E-state index contributed by atoms with van der Waals surface area (Å²) in [4.78, 5) is 23.9. The minimum atomic E-state index is -0.455. The Morgan fingerprint density at radius 2 is 1.57 bits per heavy atom. The average molecular weight is 377 g/mol. The van der Waals surface area contributed by atoms with E-state index in [9.17, 15) is 9.59 Å². The van der Waals surface area contributed by atoms with Crippen LogP contribution in [0.15, 0.2) is 46.9 Å². The summed E-state index contributed by atoms with van der Waals surface area (Å²) >= 11 is 3.39. The zero-order valence-corrected chi connectivity index (χ0v) is 14.7. The topological polar surface area (TPSA) is 52.6 Å². The SMILES string of the molecule is Cc1ccc(C(=O)Oc2ccc(C(=O)OC(C)C)cc2)cc1Br. The Labute approximate surface area is 143 Å². The molecule has 0 heterocycles. The lowest BCUT2D eigenvalue weighted by molar-refractivity contribution is 0.0378. The highest BCUT2D eigenvalue weighted by atomic mass is 79.9. The number of halogens is 1. The summed E-state index contributed by atoms with van der Waals surface area (Å²) in [5, 5.41) is 0. The summed E-state index contributed by atoms with van der Waals surface area (Å²) in [6.07, 6.45) is -0.181. The Balaban J connectivity index is 2.07. The third-order valence-electron chi connectivity index (χ3n) is 3.05. The molecule has 23 heavy (non-hydrogen) atoms. The lowest BCUT2D eigenvalue weighted by Gasteiger charge is -2.09. The van der Waals surface area contributed by atoms with Gasteiger partial charge in [0.1, 0.15) is 5.75 Å². The van der Waals surface area contributed by atoms with Gasteiger partial charge in [0.2, 0.25) is 0 Å². The molecule has 0 aromatic heterocycles. The van der Waals surface area contributed by atoms with Gasteiger partial charge >= 0.3 is 11.9 Å². The molecule has 0 saturated carbocycles. The largest absolute Gasteiger partial charge is 0.459 e. The molecular formula is C18H17BrO4. The predicted octanol–water partition coefficient (Wildman–Crippen LogP) is 4.54. The molecule has 2 rings (SSSR count). The van der Waals surface area contributed by atoms with Gasteiger partial charge in [0.25, 0.3) is 0 Å². The Morgan fingerprint density at radius 1 is 0.957 bits per heavy atom. The van der Waals surface area contributed by atoms with Gasteiger partial charge in [-0.25, -0.2) is 9.59 Å². The van der Waals surface area contributed by atoms with Gasteiger partial charge in [0.05, 0.1) is 17.2 Å². The fourth-order valence-corrected chi connectivity index (χ4v) is 2.21. The van der Waals surface area contributed by atoms with Crippen LogP contribution >= 0.6 is 15.9 Å². The first kappa shape index (κ1) is 17.2. The monoisotopic (exact) mass is 376 g/mol. The van der Waals surface area contributed by atoms with Gasteiger partial charge < -0.3 is 9.47 Å². The van der Waals surface area contributed by atoms with Crippen LogP contribution in [-0.4, -0.2) is 18.0 Å². The van der Waals surface area contributed by atoms with Crippen LogP contribution in [-0.2, 0) is 4.74 Å². The van der Waals surface area contributed by atoms with Crippen molar-refractivity contribution in [2.24, 2.45) is 0 Å². The number of carbonyl (C=O) groups excluding carboxylic acids is 2. The molecule has 0 atom stereocenters. The predicted molar refractivity (Wildman–Crippen MR) is 90.8 cm³/mol. The molecule has 5 heteroatoms. The molecule has 2 aromatic carbocycles. The van der Waals surface area contributed by atoms with Crippen molar-refractivity contribution in [2.45, 2.75) is 26.9 Å². The maximum atomic E-state index is 12.1. The van der Waals surface area contributed by atoms with Crippen molar-refractivity contribution in [3.63, 3.8) is 0 Å². The molecule has 0 radical (unpaired) electrons. The number of hydrogen-bond donors (Lipinski definition) is 0. The summed E-state index contributed by atoms with van der Waals surface area (Å²) in [6.45, 7) is 5.51. The maximum absolute atomic E-state index is 12.1. The fraction of sp³-hybridized carbons (Fsp3) is 0.222. The number of esters is 2. The fourth-order valence-electron chi connectivity index (χ4n) is 1.83. The first-order valence-electron chi connectivity index (χ1n) is 7.16. The summed E-state index contributed by atoms with van der Waals surface area (Å²) in [6, 6.07) is 11.5. The molecule has 0 N–H and O–H groups in total. The summed E-state index contributed by atoms with van der Waals surface area (Å²) < 4.78 is 11.2. The van der Waals surface area contributed by atoms with Gasteiger partial charge in [-0.05, 0) is 62.7 Å². The number of hydrogen-bond acceptors (Lipinski definition) is 4. The molecule has 0 aliphatic heterocycles. The number of rotatable bonds is 4. The van der Waals surface area contributed by atoms with E-state index in [4.69, 9.17) is 9.47 Å². The molecule has 4 nitrogen and oxygen atoms in total. The molecule has 0 aliphatic rings. The van der Waals surface area contributed by atoms with E-state index in [1.165, 1.54) is 0 Å². The molecule has 0 spiro atoms. The molecule has 0 amide bonds. The Hall–Kier alpha value is -2.14. The average Bonchev–Trinajstić information content (AvgIpc) is 2.50. The van der Waals surface area contributed by atoms with Crippen LogP contribution in [0.2, 0.25) is 0 Å². The van der Waals surface area contributed by atoms with E-state index in [-0.39, 0.29) is 6.10 Å². The van der Waals surface area contributed by atoms with Gasteiger partial charge in [-0.3, -0.25) is 0 Å². The number of carbonyl (C=O) groups is 2. The molecule has 0 saturated heterocycles. The molecule has 0 bridgehead atoms. The van der Waals surface area contributed by atoms with Crippen molar-refractivity contribution >= 4 is 27.9 Å². The minimum absolute atomic E-state index is 0.181. The standard InChI is InChI=1S/C18H17BrO4/c1-11(2)22-17(20)13-6-8-15(9-7-13)23-18(21)14-5-4-12(3)16(19)10-14/h4-11H,1-3H3. The van der Waals surface area contributed by atoms with E-state index in [1.54, 1.807) is 50.2 Å². The lowest BCUT2D eigenvalue weighted by Crippen LogP contribution is -2.12. The molecule has 0 fully saturated rings. The van der Waals surface area contributed by atoms with Crippen LogP contribution in [0.4, 0.5) is 0 Å². The first-order chi connectivity index (χ1) is 10.9. The second-order valence-corrected chi connectivity index (χ2v) is 6.19. The summed E-state index contributed by atoms with van der Waals surface area (Å²) in [7, 11) is 0. The van der Waals surface area contributed by atoms with Gasteiger partial charge in [-0.1, -0.05) is 22.0 Å². The van der Waals surface area contributed by atoms with Crippen molar-refractivity contribution in [1.82, 2.24) is 0 Å². The van der Waals surface area contributed by atoms with Crippen LogP contribution < -0.4 is 4.74 Å². The number of benzene rings is 2. The van der Waals surface area contributed by atoms with E-state index >= 15 is 0 Å². The highest BCUT2D eigenvalue weighted by molar-refractivity contribution is 9.10. The van der Waals surface area contributed by atoms with Crippen molar-refractivity contribution in [3.05, 3.63) is 63.6 Å². The molecule has 120 valence electrons.